The summed E-state index contributed by atoms with van der Waals surface area (Å²) in [7, 11) is 1.24. The molecule has 0 aliphatic carbocycles. The van der Waals surface area contributed by atoms with Gasteiger partial charge in [0.1, 0.15) is 11.4 Å². The summed E-state index contributed by atoms with van der Waals surface area (Å²) >= 11 is 1.11. The maximum atomic E-state index is 12.7. The number of alkyl halides is 3. The number of aromatic nitrogens is 2. The van der Waals surface area contributed by atoms with E-state index in [1.165, 1.54) is 7.05 Å². The van der Waals surface area contributed by atoms with Crippen molar-refractivity contribution in [2.45, 2.75) is 13.1 Å². The molecule has 2 heterocycles. The summed E-state index contributed by atoms with van der Waals surface area (Å²) in [6.07, 6.45) is -4.44. The number of carbonyl (C=O) groups is 1. The number of carbonyl (C=O) groups excluding carboxylic acids is 1. The Bertz CT molecular complexity index is 630. The zero-order chi connectivity index (χ0) is 14.9. The van der Waals surface area contributed by atoms with Crippen molar-refractivity contribution in [3.63, 3.8) is 0 Å². The fourth-order valence-electron chi connectivity index (χ4n) is 1.70. The molecule has 0 unspecified atom stereocenters. The van der Waals surface area contributed by atoms with Gasteiger partial charge in [0.2, 0.25) is 0 Å². The first-order valence-electron chi connectivity index (χ1n) is 5.82. The molecule has 20 heavy (non-hydrogen) atoms. The molecule has 4 nitrogen and oxygen atoms in total. The highest BCUT2D eigenvalue weighted by atomic mass is 32.1. The molecule has 0 fully saturated rings. The van der Waals surface area contributed by atoms with Gasteiger partial charge in [-0.2, -0.15) is 18.3 Å². The van der Waals surface area contributed by atoms with Crippen LogP contribution in [0.5, 0.6) is 0 Å². The van der Waals surface area contributed by atoms with Crippen molar-refractivity contribution in [3.05, 3.63) is 28.8 Å². The Morgan fingerprint density at radius 1 is 1.45 bits per heavy atom. The molecule has 0 aromatic carbocycles. The van der Waals surface area contributed by atoms with Gasteiger partial charge in [0.15, 0.2) is 0 Å². The van der Waals surface area contributed by atoms with E-state index in [1.807, 2.05) is 0 Å². The van der Waals surface area contributed by atoms with Gasteiger partial charge >= 0.3 is 6.18 Å². The lowest BCUT2D eigenvalue weighted by molar-refractivity contribution is -0.143. The number of aryl methyl sites for hydroxylation is 1. The molecule has 0 saturated carbocycles. The maximum absolute atomic E-state index is 12.7. The van der Waals surface area contributed by atoms with E-state index < -0.39 is 11.9 Å². The van der Waals surface area contributed by atoms with Crippen LogP contribution in [0.15, 0.2) is 18.2 Å². The fourth-order valence-corrected chi connectivity index (χ4v) is 2.58. The fraction of sp³-hybridized carbons (Fsp3) is 0.333. The lowest BCUT2D eigenvalue weighted by atomic mass is 10.3. The largest absolute Gasteiger partial charge is 0.433 e. The van der Waals surface area contributed by atoms with Crippen LogP contribution in [0.3, 0.4) is 0 Å². The SMILES string of the molecule is CCNC(=O)c1ccc(-c2cc(C(F)(F)F)n(C)n2)s1. The summed E-state index contributed by atoms with van der Waals surface area (Å²) in [4.78, 5) is 12.6. The van der Waals surface area contributed by atoms with Gasteiger partial charge in [-0.1, -0.05) is 0 Å². The monoisotopic (exact) mass is 303 g/mol. The molecule has 1 amide bonds. The number of hydrogen-bond donors (Lipinski definition) is 1. The van der Waals surface area contributed by atoms with Gasteiger partial charge in [0, 0.05) is 13.6 Å². The molecule has 0 aliphatic rings. The highest BCUT2D eigenvalue weighted by molar-refractivity contribution is 7.17. The van der Waals surface area contributed by atoms with Gasteiger partial charge in [-0.05, 0) is 25.1 Å². The number of hydrogen-bond acceptors (Lipinski definition) is 3. The predicted molar refractivity (Wildman–Crippen MR) is 69.5 cm³/mol. The number of amides is 1. The van der Waals surface area contributed by atoms with Crippen molar-refractivity contribution < 1.29 is 18.0 Å². The maximum Gasteiger partial charge on any atom is 0.433 e. The third kappa shape index (κ3) is 2.84. The molecule has 0 atom stereocenters. The molecule has 0 bridgehead atoms. The second-order valence-electron chi connectivity index (χ2n) is 4.06. The molecular formula is C12H12F3N3OS. The van der Waals surface area contributed by atoms with Crippen LogP contribution in [-0.2, 0) is 13.2 Å². The Balaban J connectivity index is 2.31. The summed E-state index contributed by atoms with van der Waals surface area (Å²) in [5.41, 5.74) is -0.610. The van der Waals surface area contributed by atoms with Crippen LogP contribution in [-0.4, -0.2) is 22.2 Å². The van der Waals surface area contributed by atoms with Crippen LogP contribution in [0.25, 0.3) is 10.6 Å². The highest BCUT2D eigenvalue weighted by Crippen LogP contribution is 2.34. The van der Waals surface area contributed by atoms with Gasteiger partial charge in [-0.3, -0.25) is 9.48 Å². The Kier molecular flexibility index (Phi) is 3.85. The lowest BCUT2D eigenvalue weighted by Gasteiger charge is -2.04. The van der Waals surface area contributed by atoms with E-state index in [9.17, 15) is 18.0 Å². The molecule has 2 rings (SSSR count). The van der Waals surface area contributed by atoms with Crippen molar-refractivity contribution in [1.29, 1.82) is 0 Å². The average Bonchev–Trinajstić information content (AvgIpc) is 2.94. The summed E-state index contributed by atoms with van der Waals surface area (Å²) in [6, 6.07) is 4.15. The molecule has 0 spiro atoms. The highest BCUT2D eigenvalue weighted by Gasteiger charge is 2.35. The standard InChI is InChI=1S/C12H12F3N3OS/c1-3-16-11(19)9-5-4-8(20-9)7-6-10(12(13,14)15)18(2)17-7/h4-6H,3H2,1-2H3,(H,16,19). The molecule has 0 radical (unpaired) electrons. The number of nitrogens with zero attached hydrogens (tertiary/aromatic N) is 2. The minimum Gasteiger partial charge on any atom is -0.352 e. The van der Waals surface area contributed by atoms with Crippen molar-refractivity contribution in [2.75, 3.05) is 6.54 Å². The van der Waals surface area contributed by atoms with E-state index >= 15 is 0 Å². The molecule has 2 aromatic heterocycles. The first-order chi connectivity index (χ1) is 9.32. The Hall–Kier alpha value is -1.83. The zero-order valence-electron chi connectivity index (χ0n) is 10.8. The third-order valence-electron chi connectivity index (χ3n) is 2.59. The van der Waals surface area contributed by atoms with Crippen LogP contribution in [0.4, 0.5) is 13.2 Å². The number of thiophene rings is 1. The molecule has 1 N–H and O–H groups in total. The predicted octanol–water partition coefficient (Wildman–Crippen LogP) is 2.92. The lowest BCUT2D eigenvalue weighted by Crippen LogP contribution is -2.21. The van der Waals surface area contributed by atoms with Crippen LogP contribution in [0.2, 0.25) is 0 Å². The first kappa shape index (κ1) is 14.6. The average molecular weight is 303 g/mol. The molecule has 0 saturated heterocycles. The zero-order valence-corrected chi connectivity index (χ0v) is 11.6. The van der Waals surface area contributed by atoms with Crippen molar-refractivity contribution >= 4 is 17.2 Å². The second kappa shape index (κ2) is 5.28. The van der Waals surface area contributed by atoms with E-state index in [4.69, 9.17) is 0 Å². The summed E-state index contributed by atoms with van der Waals surface area (Å²) in [6.45, 7) is 2.29. The van der Waals surface area contributed by atoms with Gasteiger partial charge in [-0.25, -0.2) is 0 Å². The van der Waals surface area contributed by atoms with E-state index in [0.717, 1.165) is 22.1 Å². The van der Waals surface area contributed by atoms with E-state index in [1.54, 1.807) is 19.1 Å². The van der Waals surface area contributed by atoms with Crippen LogP contribution in [0, 0.1) is 0 Å². The molecule has 0 aliphatic heterocycles. The summed E-state index contributed by atoms with van der Waals surface area (Å²) in [5.74, 6) is -0.240. The van der Waals surface area contributed by atoms with E-state index in [-0.39, 0.29) is 11.6 Å². The number of nitrogens with one attached hydrogen (secondary N) is 1. The van der Waals surface area contributed by atoms with E-state index in [2.05, 4.69) is 10.4 Å². The topological polar surface area (TPSA) is 46.9 Å². The third-order valence-corrected chi connectivity index (χ3v) is 3.70. The molecule has 108 valence electrons. The second-order valence-corrected chi connectivity index (χ2v) is 5.14. The first-order valence-corrected chi connectivity index (χ1v) is 6.64. The molecule has 2 aromatic rings. The number of rotatable bonds is 3. The van der Waals surface area contributed by atoms with Gasteiger partial charge < -0.3 is 5.32 Å². The minimum absolute atomic E-state index is 0.209. The molecule has 8 heteroatoms. The van der Waals surface area contributed by atoms with Gasteiger partial charge in [-0.15, -0.1) is 11.3 Å². The minimum atomic E-state index is -4.44. The van der Waals surface area contributed by atoms with Gasteiger partial charge in [0.25, 0.3) is 5.91 Å². The van der Waals surface area contributed by atoms with Crippen LogP contribution < -0.4 is 5.32 Å². The normalized spacial score (nSPS) is 11.7. The van der Waals surface area contributed by atoms with Crippen LogP contribution in [0.1, 0.15) is 22.3 Å². The Morgan fingerprint density at radius 2 is 2.15 bits per heavy atom. The smallest absolute Gasteiger partial charge is 0.352 e. The van der Waals surface area contributed by atoms with Crippen LogP contribution >= 0.6 is 11.3 Å². The Labute approximate surface area is 117 Å². The van der Waals surface area contributed by atoms with Gasteiger partial charge in [0.05, 0.1) is 9.75 Å². The summed E-state index contributed by atoms with van der Waals surface area (Å²) in [5, 5.41) is 6.47. The number of halogens is 3. The Morgan fingerprint density at radius 3 is 2.70 bits per heavy atom. The summed E-state index contributed by atoms with van der Waals surface area (Å²) < 4.78 is 38.9. The van der Waals surface area contributed by atoms with Crippen molar-refractivity contribution in [1.82, 2.24) is 15.1 Å². The molecular weight excluding hydrogens is 291 g/mol. The quantitative estimate of drug-likeness (QED) is 0.947. The van der Waals surface area contributed by atoms with Crippen molar-refractivity contribution in [3.8, 4) is 10.6 Å². The van der Waals surface area contributed by atoms with E-state index in [0.29, 0.717) is 16.3 Å². The van der Waals surface area contributed by atoms with Crippen molar-refractivity contribution in [2.24, 2.45) is 7.05 Å².